The van der Waals surface area contributed by atoms with Crippen LogP contribution in [0.3, 0.4) is 0 Å². The Kier molecular flexibility index (Phi) is 6.76. The van der Waals surface area contributed by atoms with Gasteiger partial charge in [-0.05, 0) is 33.8 Å². The van der Waals surface area contributed by atoms with Crippen molar-refractivity contribution in [3.63, 3.8) is 0 Å². The molecule has 10 heteroatoms. The van der Waals surface area contributed by atoms with Crippen LogP contribution in [0.5, 0.6) is 0 Å². The number of non-ortho nitro benzene ring substituents is 1. The molecule has 0 aliphatic heterocycles. The van der Waals surface area contributed by atoms with Crippen LogP contribution in [0, 0.1) is 20.2 Å². The number of rotatable bonds is 7. The molecule has 1 aromatic rings. The Bertz CT molecular complexity index is 723. The van der Waals surface area contributed by atoms with Crippen molar-refractivity contribution in [2.75, 3.05) is 6.61 Å². The summed E-state index contributed by atoms with van der Waals surface area (Å²) in [6.45, 7) is 6.47. The maximum absolute atomic E-state index is 12.3. The van der Waals surface area contributed by atoms with Crippen LogP contribution >= 0.6 is 0 Å². The van der Waals surface area contributed by atoms with Crippen molar-refractivity contribution in [1.82, 2.24) is 0 Å². The minimum absolute atomic E-state index is 0.00440. The SMILES string of the molecule is CCOC(=O)C(CC(=O)OC(C)(C)C)c1ccc([N+](=O)[O-])cc1[N+](=O)[O-]. The molecule has 1 unspecified atom stereocenters. The van der Waals surface area contributed by atoms with Crippen molar-refractivity contribution in [3.8, 4) is 0 Å². The van der Waals surface area contributed by atoms with Gasteiger partial charge in [-0.2, -0.15) is 0 Å². The highest BCUT2D eigenvalue weighted by atomic mass is 16.6. The highest BCUT2D eigenvalue weighted by Gasteiger charge is 2.34. The van der Waals surface area contributed by atoms with Gasteiger partial charge in [0.15, 0.2) is 0 Å². The lowest BCUT2D eigenvalue weighted by Gasteiger charge is -2.21. The highest BCUT2D eigenvalue weighted by molar-refractivity contribution is 5.86. The molecule has 1 atom stereocenters. The van der Waals surface area contributed by atoms with Crippen LogP contribution in [0.4, 0.5) is 11.4 Å². The maximum Gasteiger partial charge on any atom is 0.314 e. The lowest BCUT2D eigenvalue weighted by molar-refractivity contribution is -0.394. The van der Waals surface area contributed by atoms with E-state index in [0.29, 0.717) is 0 Å². The van der Waals surface area contributed by atoms with Gasteiger partial charge < -0.3 is 9.47 Å². The lowest BCUT2D eigenvalue weighted by Crippen LogP contribution is -2.27. The van der Waals surface area contributed by atoms with E-state index in [1.807, 2.05) is 0 Å². The minimum atomic E-state index is -1.31. The third-order valence-corrected chi connectivity index (χ3v) is 3.16. The summed E-state index contributed by atoms with van der Waals surface area (Å²) in [4.78, 5) is 44.9. The van der Waals surface area contributed by atoms with Gasteiger partial charge in [-0.1, -0.05) is 0 Å². The molecule has 1 aromatic carbocycles. The Morgan fingerprint density at radius 3 is 2.23 bits per heavy atom. The molecule has 0 spiro atoms. The smallest absolute Gasteiger partial charge is 0.314 e. The number of nitro groups is 2. The first-order valence-corrected chi connectivity index (χ1v) is 7.77. The highest BCUT2D eigenvalue weighted by Crippen LogP contribution is 2.33. The van der Waals surface area contributed by atoms with Crippen LogP contribution in [-0.2, 0) is 19.1 Å². The number of carbonyl (C=O) groups is 2. The average molecular weight is 368 g/mol. The molecule has 1 rings (SSSR count). The predicted molar refractivity (Wildman–Crippen MR) is 89.6 cm³/mol. The Balaban J connectivity index is 3.34. The number of ether oxygens (including phenoxy) is 2. The van der Waals surface area contributed by atoms with Crippen molar-refractivity contribution < 1.29 is 28.9 Å². The van der Waals surface area contributed by atoms with Crippen LogP contribution < -0.4 is 0 Å². The second-order valence-corrected chi connectivity index (χ2v) is 6.35. The van der Waals surface area contributed by atoms with Gasteiger partial charge in [0, 0.05) is 11.6 Å². The minimum Gasteiger partial charge on any atom is -0.466 e. The molecule has 0 fully saturated rings. The van der Waals surface area contributed by atoms with E-state index in [4.69, 9.17) is 9.47 Å². The molecule has 0 N–H and O–H groups in total. The van der Waals surface area contributed by atoms with Crippen LogP contribution in [0.25, 0.3) is 0 Å². The largest absolute Gasteiger partial charge is 0.466 e. The first-order chi connectivity index (χ1) is 12.0. The Morgan fingerprint density at radius 1 is 1.15 bits per heavy atom. The molecule has 0 heterocycles. The fourth-order valence-corrected chi connectivity index (χ4v) is 2.21. The number of nitro benzene ring substituents is 2. The van der Waals surface area contributed by atoms with Gasteiger partial charge in [-0.3, -0.25) is 29.8 Å². The van der Waals surface area contributed by atoms with Crippen LogP contribution in [0.15, 0.2) is 18.2 Å². The third-order valence-electron chi connectivity index (χ3n) is 3.16. The molecule has 0 saturated heterocycles. The monoisotopic (exact) mass is 368 g/mol. The summed E-state index contributed by atoms with van der Waals surface area (Å²) in [5, 5.41) is 22.2. The summed E-state index contributed by atoms with van der Waals surface area (Å²) in [6.07, 6.45) is -0.491. The fourth-order valence-electron chi connectivity index (χ4n) is 2.21. The molecule has 26 heavy (non-hydrogen) atoms. The van der Waals surface area contributed by atoms with Crippen molar-refractivity contribution in [1.29, 1.82) is 0 Å². The molecule has 10 nitrogen and oxygen atoms in total. The summed E-state index contributed by atoms with van der Waals surface area (Å²) in [7, 11) is 0. The van der Waals surface area contributed by atoms with E-state index in [9.17, 15) is 29.8 Å². The Labute approximate surface area is 149 Å². The second-order valence-electron chi connectivity index (χ2n) is 6.35. The van der Waals surface area contributed by atoms with E-state index in [0.717, 1.165) is 18.2 Å². The molecule has 0 aliphatic rings. The molecular formula is C16H20N2O8. The lowest BCUT2D eigenvalue weighted by atomic mass is 9.93. The predicted octanol–water partition coefficient (Wildman–Crippen LogP) is 2.88. The van der Waals surface area contributed by atoms with Gasteiger partial charge >= 0.3 is 11.9 Å². The van der Waals surface area contributed by atoms with Gasteiger partial charge in [0.1, 0.15) is 5.60 Å². The van der Waals surface area contributed by atoms with Crippen molar-refractivity contribution in [3.05, 3.63) is 44.0 Å². The number of benzene rings is 1. The number of hydrogen-bond acceptors (Lipinski definition) is 8. The van der Waals surface area contributed by atoms with E-state index >= 15 is 0 Å². The first kappa shape index (κ1) is 21.0. The van der Waals surface area contributed by atoms with E-state index < -0.39 is 51.1 Å². The normalized spacial score (nSPS) is 12.2. The fraction of sp³-hybridized carbons (Fsp3) is 0.500. The quantitative estimate of drug-likeness (QED) is 0.406. The summed E-state index contributed by atoms with van der Waals surface area (Å²) in [5.74, 6) is -2.91. The third kappa shape index (κ3) is 5.80. The van der Waals surface area contributed by atoms with Gasteiger partial charge in [0.25, 0.3) is 11.4 Å². The zero-order valence-corrected chi connectivity index (χ0v) is 14.9. The molecule has 0 aromatic heterocycles. The number of carbonyl (C=O) groups excluding carboxylic acids is 2. The van der Waals surface area contributed by atoms with Crippen LogP contribution in [-0.4, -0.2) is 34.0 Å². The van der Waals surface area contributed by atoms with E-state index in [1.165, 1.54) is 0 Å². The number of hydrogen-bond donors (Lipinski definition) is 0. The topological polar surface area (TPSA) is 139 Å². The number of esters is 2. The summed E-state index contributed by atoms with van der Waals surface area (Å²) in [5.41, 5.74) is -2.09. The standard InChI is InChI=1S/C16H20N2O8/c1-5-25-15(20)12(9-14(19)26-16(2,3)4)11-7-6-10(17(21)22)8-13(11)18(23)24/h6-8,12H,5,9H2,1-4H3. The molecular weight excluding hydrogens is 348 g/mol. The van der Waals surface area contributed by atoms with Crippen molar-refractivity contribution >= 4 is 23.3 Å². The summed E-state index contributed by atoms with van der Waals surface area (Å²) >= 11 is 0. The summed E-state index contributed by atoms with van der Waals surface area (Å²) in [6, 6.07) is 2.86. The molecule has 0 aliphatic carbocycles. The zero-order valence-electron chi connectivity index (χ0n) is 14.9. The van der Waals surface area contributed by atoms with Gasteiger partial charge in [0.05, 0.1) is 34.9 Å². The molecule has 142 valence electrons. The zero-order chi connectivity index (χ0) is 20.1. The summed E-state index contributed by atoms with van der Waals surface area (Å²) < 4.78 is 10.1. The Morgan fingerprint density at radius 2 is 1.77 bits per heavy atom. The molecule has 0 bridgehead atoms. The molecule has 0 amide bonds. The average Bonchev–Trinajstić information content (AvgIpc) is 2.50. The van der Waals surface area contributed by atoms with Crippen LogP contribution in [0.2, 0.25) is 0 Å². The maximum atomic E-state index is 12.3. The first-order valence-electron chi connectivity index (χ1n) is 7.77. The van der Waals surface area contributed by atoms with E-state index in [2.05, 4.69) is 0 Å². The Hall–Kier alpha value is -3.04. The van der Waals surface area contributed by atoms with Crippen molar-refractivity contribution in [2.45, 2.75) is 45.6 Å². The molecule has 0 saturated carbocycles. The van der Waals surface area contributed by atoms with Crippen molar-refractivity contribution in [2.24, 2.45) is 0 Å². The van der Waals surface area contributed by atoms with E-state index in [-0.39, 0.29) is 12.2 Å². The van der Waals surface area contributed by atoms with Gasteiger partial charge in [-0.15, -0.1) is 0 Å². The molecule has 0 radical (unpaired) electrons. The second kappa shape index (κ2) is 8.37. The van der Waals surface area contributed by atoms with Crippen LogP contribution in [0.1, 0.15) is 45.6 Å². The number of nitrogens with zero attached hydrogens (tertiary/aromatic N) is 2. The van der Waals surface area contributed by atoms with E-state index in [1.54, 1.807) is 27.7 Å². The van der Waals surface area contributed by atoms with Gasteiger partial charge in [-0.25, -0.2) is 0 Å². The van der Waals surface area contributed by atoms with Gasteiger partial charge in [0.2, 0.25) is 0 Å².